The van der Waals surface area contributed by atoms with Crippen LogP contribution in [-0.4, -0.2) is 37.7 Å². The quantitative estimate of drug-likeness (QED) is 0.470. The molecule has 2 aromatic heterocycles. The van der Waals surface area contributed by atoms with E-state index in [9.17, 15) is 4.39 Å². The molecule has 0 saturated carbocycles. The Bertz CT molecular complexity index is 1150. The molecule has 0 radical (unpaired) electrons. The highest BCUT2D eigenvalue weighted by atomic mass is 19.1. The fourth-order valence-corrected chi connectivity index (χ4v) is 3.50. The maximum absolute atomic E-state index is 14.4. The second kappa shape index (κ2) is 9.09. The summed E-state index contributed by atoms with van der Waals surface area (Å²) in [5.41, 5.74) is 4.49. The molecule has 2 heterocycles. The Morgan fingerprint density at radius 3 is 2.74 bits per heavy atom. The zero-order valence-corrected chi connectivity index (χ0v) is 17.8. The van der Waals surface area contributed by atoms with Crippen molar-refractivity contribution in [2.75, 3.05) is 7.11 Å². The van der Waals surface area contributed by atoms with E-state index in [2.05, 4.69) is 22.3 Å². The van der Waals surface area contributed by atoms with E-state index in [0.29, 0.717) is 18.7 Å². The fourth-order valence-electron chi connectivity index (χ4n) is 3.50. The third kappa shape index (κ3) is 4.64. The standard InChI is InChI=1S/C23H25FN6O/c1-16-6-4-5-7-21(16)30-13-19(11-26-17(2)12-29-15-25-14-27-29)23(28-30)18-8-9-22(31-3)20(24)10-18/h4-10,13-15,17,26H,11-12H2,1-3H3/t17-/m1/s1. The topological polar surface area (TPSA) is 69.8 Å². The minimum absolute atomic E-state index is 0.156. The summed E-state index contributed by atoms with van der Waals surface area (Å²) in [5.74, 6) is -0.202. The van der Waals surface area contributed by atoms with Crippen LogP contribution in [0.2, 0.25) is 0 Å². The van der Waals surface area contributed by atoms with Crippen LogP contribution in [0.5, 0.6) is 5.75 Å². The van der Waals surface area contributed by atoms with Gasteiger partial charge in [0.15, 0.2) is 11.6 Å². The van der Waals surface area contributed by atoms with Gasteiger partial charge in [-0.1, -0.05) is 18.2 Å². The van der Waals surface area contributed by atoms with Gasteiger partial charge in [0.2, 0.25) is 0 Å². The molecule has 0 aliphatic rings. The first-order chi connectivity index (χ1) is 15.0. The minimum Gasteiger partial charge on any atom is -0.494 e. The van der Waals surface area contributed by atoms with Crippen LogP contribution in [0.1, 0.15) is 18.1 Å². The second-order valence-electron chi connectivity index (χ2n) is 7.48. The number of benzene rings is 2. The largest absolute Gasteiger partial charge is 0.494 e. The number of para-hydroxylation sites is 1. The van der Waals surface area contributed by atoms with Gasteiger partial charge in [0.25, 0.3) is 0 Å². The van der Waals surface area contributed by atoms with Crippen LogP contribution in [-0.2, 0) is 13.1 Å². The Morgan fingerprint density at radius 1 is 1.19 bits per heavy atom. The lowest BCUT2D eigenvalue weighted by Gasteiger charge is -2.13. The molecule has 0 unspecified atom stereocenters. The van der Waals surface area contributed by atoms with Gasteiger partial charge >= 0.3 is 0 Å². The number of methoxy groups -OCH3 is 1. The van der Waals surface area contributed by atoms with Gasteiger partial charge in [-0.15, -0.1) is 0 Å². The normalized spacial score (nSPS) is 12.1. The monoisotopic (exact) mass is 420 g/mol. The summed E-state index contributed by atoms with van der Waals surface area (Å²) in [6.07, 6.45) is 5.21. The first-order valence-electron chi connectivity index (χ1n) is 10.1. The van der Waals surface area contributed by atoms with Crippen LogP contribution in [0.25, 0.3) is 16.9 Å². The summed E-state index contributed by atoms with van der Waals surface area (Å²) in [7, 11) is 1.46. The van der Waals surface area contributed by atoms with Crippen LogP contribution in [0.3, 0.4) is 0 Å². The number of rotatable bonds is 8. The predicted molar refractivity (Wildman–Crippen MR) is 117 cm³/mol. The van der Waals surface area contributed by atoms with Crippen molar-refractivity contribution in [1.29, 1.82) is 0 Å². The van der Waals surface area contributed by atoms with E-state index in [0.717, 1.165) is 22.5 Å². The lowest BCUT2D eigenvalue weighted by molar-refractivity contribution is 0.386. The second-order valence-corrected chi connectivity index (χ2v) is 7.48. The Hall–Kier alpha value is -3.52. The summed E-state index contributed by atoms with van der Waals surface area (Å²) in [4.78, 5) is 3.98. The van der Waals surface area contributed by atoms with Crippen molar-refractivity contribution < 1.29 is 9.13 Å². The van der Waals surface area contributed by atoms with E-state index < -0.39 is 5.82 Å². The molecule has 2 aromatic carbocycles. The molecule has 0 aliphatic carbocycles. The molecule has 0 saturated heterocycles. The molecule has 7 nitrogen and oxygen atoms in total. The van der Waals surface area contributed by atoms with Crippen LogP contribution < -0.4 is 10.1 Å². The summed E-state index contributed by atoms with van der Waals surface area (Å²) in [6.45, 7) is 5.39. The summed E-state index contributed by atoms with van der Waals surface area (Å²) in [6, 6.07) is 13.1. The average Bonchev–Trinajstić information content (AvgIpc) is 3.42. The van der Waals surface area contributed by atoms with Crippen LogP contribution in [0, 0.1) is 12.7 Å². The van der Waals surface area contributed by atoms with E-state index in [1.807, 2.05) is 48.1 Å². The highest BCUT2D eigenvalue weighted by Crippen LogP contribution is 2.28. The average molecular weight is 420 g/mol. The molecule has 0 aliphatic heterocycles. The van der Waals surface area contributed by atoms with Gasteiger partial charge in [-0.25, -0.2) is 14.1 Å². The van der Waals surface area contributed by atoms with Gasteiger partial charge in [-0.2, -0.15) is 10.2 Å². The lowest BCUT2D eigenvalue weighted by Crippen LogP contribution is -2.30. The predicted octanol–water partition coefficient (Wildman–Crippen LogP) is 3.77. The molecule has 8 heteroatoms. The van der Waals surface area contributed by atoms with E-state index in [1.54, 1.807) is 17.1 Å². The summed E-state index contributed by atoms with van der Waals surface area (Å²) >= 11 is 0. The van der Waals surface area contributed by atoms with Gasteiger partial charge in [-0.05, 0) is 43.7 Å². The highest BCUT2D eigenvalue weighted by Gasteiger charge is 2.16. The van der Waals surface area contributed by atoms with Gasteiger partial charge < -0.3 is 10.1 Å². The third-order valence-corrected chi connectivity index (χ3v) is 5.15. The first kappa shape index (κ1) is 20.7. The maximum atomic E-state index is 14.4. The van der Waals surface area contributed by atoms with Gasteiger partial charge in [0, 0.05) is 29.9 Å². The van der Waals surface area contributed by atoms with Crippen LogP contribution in [0.4, 0.5) is 4.39 Å². The molecular weight excluding hydrogens is 395 g/mol. The molecular formula is C23H25FN6O. The number of hydrogen-bond donors (Lipinski definition) is 1. The number of nitrogens with zero attached hydrogens (tertiary/aromatic N) is 5. The number of halogens is 1. The SMILES string of the molecule is COc1ccc(-c2nn(-c3ccccc3C)cc2CN[C@H](C)Cn2cncn2)cc1F. The minimum atomic E-state index is -0.413. The molecule has 1 atom stereocenters. The van der Waals surface area contributed by atoms with Crippen molar-refractivity contribution in [3.05, 3.63) is 78.3 Å². The number of nitrogens with one attached hydrogen (secondary N) is 1. The lowest BCUT2D eigenvalue weighted by atomic mass is 10.1. The zero-order valence-electron chi connectivity index (χ0n) is 17.8. The molecule has 0 fully saturated rings. The molecule has 0 amide bonds. The van der Waals surface area contributed by atoms with Crippen molar-refractivity contribution in [1.82, 2.24) is 29.9 Å². The molecule has 4 rings (SSSR count). The number of aromatic nitrogens is 5. The van der Waals surface area contributed by atoms with E-state index >= 15 is 0 Å². The van der Waals surface area contributed by atoms with E-state index in [-0.39, 0.29) is 11.8 Å². The number of ether oxygens (including phenoxy) is 1. The van der Waals surface area contributed by atoms with Gasteiger partial charge in [-0.3, -0.25) is 4.68 Å². The summed E-state index contributed by atoms with van der Waals surface area (Å²) in [5, 5.41) is 12.5. The van der Waals surface area contributed by atoms with Crippen LogP contribution >= 0.6 is 0 Å². The first-order valence-corrected chi connectivity index (χ1v) is 10.1. The van der Waals surface area contributed by atoms with Crippen molar-refractivity contribution in [3.8, 4) is 22.7 Å². The highest BCUT2D eigenvalue weighted by molar-refractivity contribution is 5.64. The molecule has 160 valence electrons. The van der Waals surface area contributed by atoms with E-state index in [4.69, 9.17) is 9.84 Å². The molecule has 4 aromatic rings. The van der Waals surface area contributed by atoms with Gasteiger partial charge in [0.1, 0.15) is 12.7 Å². The molecule has 0 spiro atoms. The fraction of sp³-hybridized carbons (Fsp3) is 0.261. The number of hydrogen-bond acceptors (Lipinski definition) is 5. The third-order valence-electron chi connectivity index (χ3n) is 5.15. The Labute approximate surface area is 180 Å². The Balaban J connectivity index is 1.65. The van der Waals surface area contributed by atoms with Crippen molar-refractivity contribution in [3.63, 3.8) is 0 Å². The zero-order chi connectivity index (χ0) is 21.8. The van der Waals surface area contributed by atoms with E-state index in [1.165, 1.54) is 19.5 Å². The van der Waals surface area contributed by atoms with Crippen molar-refractivity contribution >= 4 is 0 Å². The molecule has 0 bridgehead atoms. The summed E-state index contributed by atoms with van der Waals surface area (Å²) < 4.78 is 23.1. The van der Waals surface area contributed by atoms with Crippen LogP contribution in [0.15, 0.2) is 61.3 Å². The van der Waals surface area contributed by atoms with Crippen molar-refractivity contribution in [2.45, 2.75) is 33.0 Å². The van der Waals surface area contributed by atoms with Crippen molar-refractivity contribution in [2.24, 2.45) is 0 Å². The number of aryl methyl sites for hydroxylation is 1. The smallest absolute Gasteiger partial charge is 0.165 e. The molecule has 31 heavy (non-hydrogen) atoms. The Kier molecular flexibility index (Phi) is 6.08. The van der Waals surface area contributed by atoms with Gasteiger partial charge in [0.05, 0.1) is 25.0 Å². The maximum Gasteiger partial charge on any atom is 0.165 e. The molecule has 1 N–H and O–H groups in total. The Morgan fingerprint density at radius 2 is 2.03 bits per heavy atom.